The zero-order valence-electron chi connectivity index (χ0n) is 16.4. The predicted octanol–water partition coefficient (Wildman–Crippen LogP) is 5.40. The smallest absolute Gasteiger partial charge is 0.166 e. The monoisotopic (exact) mass is 393 g/mol. The third kappa shape index (κ3) is 4.39. The Morgan fingerprint density at radius 2 is 1.79 bits per heavy atom. The first-order valence-corrected chi connectivity index (χ1v) is 9.69. The Balaban J connectivity index is 1.72. The van der Waals surface area contributed by atoms with Gasteiger partial charge in [-0.3, -0.25) is 9.48 Å². The highest BCUT2D eigenvalue weighted by atomic mass is 35.5. The number of ketones is 1. The maximum atomic E-state index is 12.9. The van der Waals surface area contributed by atoms with Gasteiger partial charge in [0.1, 0.15) is 0 Å². The Bertz CT molecular complexity index is 1020. The van der Waals surface area contributed by atoms with Crippen LogP contribution >= 0.6 is 11.6 Å². The summed E-state index contributed by atoms with van der Waals surface area (Å²) in [5, 5.41) is 12.9. The van der Waals surface area contributed by atoms with Crippen molar-refractivity contribution in [1.82, 2.24) is 9.78 Å². The second kappa shape index (κ2) is 8.53. The third-order valence-corrected chi connectivity index (χ3v) is 5.33. The van der Waals surface area contributed by atoms with E-state index in [2.05, 4.69) is 5.10 Å². The highest BCUT2D eigenvalue weighted by Crippen LogP contribution is 2.21. The van der Waals surface area contributed by atoms with Gasteiger partial charge >= 0.3 is 0 Å². The van der Waals surface area contributed by atoms with Crippen LogP contribution in [0.15, 0.2) is 48.5 Å². The number of hydrogen-bond donors (Lipinski definition) is 1. The quantitative estimate of drug-likeness (QED) is 0.431. The van der Waals surface area contributed by atoms with E-state index in [4.69, 9.17) is 17.0 Å². The second-order valence-electron chi connectivity index (χ2n) is 7.04. The summed E-state index contributed by atoms with van der Waals surface area (Å²) in [6, 6.07) is 15.5. The molecule has 0 saturated heterocycles. The minimum Gasteiger partial charge on any atom is -0.305 e. The number of nitrogens with zero attached hydrogens (tertiary/aromatic N) is 2. The van der Waals surface area contributed by atoms with E-state index < -0.39 is 0 Å². The number of Topliss-reactive ketones (excluding diaryl/α,β-unsaturated/α-hetero) is 1. The number of rotatable bonds is 7. The molecule has 1 aromatic heterocycles. The van der Waals surface area contributed by atoms with Gasteiger partial charge in [-0.25, -0.2) is 0 Å². The number of benzene rings is 2. The Hall–Kier alpha value is -2.72. The number of nitrogens with one attached hydrogen (secondary N) is 1. The minimum atomic E-state index is 0.104. The molecule has 0 radical (unpaired) electrons. The molecule has 0 amide bonds. The first kappa shape index (κ1) is 20.0. The van der Waals surface area contributed by atoms with Gasteiger partial charge in [0, 0.05) is 22.8 Å². The maximum Gasteiger partial charge on any atom is 0.166 e. The van der Waals surface area contributed by atoms with Gasteiger partial charge in [-0.2, -0.15) is 5.10 Å². The Morgan fingerprint density at radius 1 is 1.11 bits per heavy atom. The number of carbonyl (C=O) groups is 1. The van der Waals surface area contributed by atoms with Crippen LogP contribution in [0.5, 0.6) is 0 Å². The highest BCUT2D eigenvalue weighted by molar-refractivity contribution is 6.31. The molecule has 1 N–H and O–H groups in total. The van der Waals surface area contributed by atoms with Gasteiger partial charge in [0.2, 0.25) is 0 Å². The van der Waals surface area contributed by atoms with E-state index in [0.29, 0.717) is 35.7 Å². The Labute approximate surface area is 170 Å². The zero-order chi connectivity index (χ0) is 20.3. The van der Waals surface area contributed by atoms with E-state index in [1.165, 1.54) is 0 Å². The van der Waals surface area contributed by atoms with Crippen LogP contribution in [0.2, 0.25) is 5.02 Å². The standard InChI is InChI=1S/C23H24ClN3O/c1-15(25)19-11-8-18(9-12-19)10-13-22(28)23-16(2)26-27(17(23)3)14-20-6-4-5-7-21(20)24/h4-9,11-12,25H,10,13-14H2,1-3H3. The summed E-state index contributed by atoms with van der Waals surface area (Å²) >= 11 is 6.26. The molecule has 1 heterocycles. The fourth-order valence-corrected chi connectivity index (χ4v) is 3.54. The van der Waals surface area contributed by atoms with Crippen molar-refractivity contribution in [3.63, 3.8) is 0 Å². The van der Waals surface area contributed by atoms with Crippen molar-refractivity contribution in [2.24, 2.45) is 0 Å². The number of halogens is 1. The van der Waals surface area contributed by atoms with Crippen molar-refractivity contribution in [3.8, 4) is 0 Å². The van der Waals surface area contributed by atoms with Gasteiger partial charge < -0.3 is 5.41 Å². The average molecular weight is 394 g/mol. The first-order chi connectivity index (χ1) is 13.4. The molecular formula is C23H24ClN3O. The van der Waals surface area contributed by atoms with Crippen LogP contribution in [0.3, 0.4) is 0 Å². The topological polar surface area (TPSA) is 58.7 Å². The molecule has 0 saturated carbocycles. The molecule has 0 aliphatic heterocycles. The van der Waals surface area contributed by atoms with Gasteiger partial charge in [0.25, 0.3) is 0 Å². The van der Waals surface area contributed by atoms with Crippen LogP contribution in [-0.2, 0) is 13.0 Å². The van der Waals surface area contributed by atoms with Crippen LogP contribution in [0, 0.1) is 19.3 Å². The number of aromatic nitrogens is 2. The van der Waals surface area contributed by atoms with Gasteiger partial charge in [-0.05, 0) is 49.9 Å². The van der Waals surface area contributed by atoms with Gasteiger partial charge in [0.05, 0.1) is 17.8 Å². The molecular weight excluding hydrogens is 370 g/mol. The predicted molar refractivity (Wildman–Crippen MR) is 114 cm³/mol. The van der Waals surface area contributed by atoms with Crippen molar-refractivity contribution in [2.45, 2.75) is 40.2 Å². The van der Waals surface area contributed by atoms with E-state index in [1.807, 2.05) is 67.1 Å². The normalized spacial score (nSPS) is 10.9. The van der Waals surface area contributed by atoms with Crippen LogP contribution in [0.4, 0.5) is 0 Å². The molecule has 0 atom stereocenters. The Kier molecular flexibility index (Phi) is 6.10. The van der Waals surface area contributed by atoms with E-state index >= 15 is 0 Å². The summed E-state index contributed by atoms with van der Waals surface area (Å²) in [5.41, 5.74) is 5.86. The SMILES string of the molecule is CC(=N)c1ccc(CCC(=O)c2c(C)nn(Cc3ccccc3Cl)c2C)cc1. The molecule has 0 unspecified atom stereocenters. The molecule has 3 aromatic rings. The van der Waals surface area contributed by atoms with Gasteiger partial charge in [0.15, 0.2) is 5.78 Å². The number of carbonyl (C=O) groups excluding carboxylic acids is 1. The lowest BCUT2D eigenvalue weighted by Crippen LogP contribution is -2.07. The van der Waals surface area contributed by atoms with Crippen molar-refractivity contribution in [2.75, 3.05) is 0 Å². The lowest BCUT2D eigenvalue weighted by atomic mass is 10.00. The number of aryl methyl sites for hydroxylation is 2. The molecule has 2 aromatic carbocycles. The van der Waals surface area contributed by atoms with Crippen LogP contribution < -0.4 is 0 Å². The van der Waals surface area contributed by atoms with E-state index in [0.717, 1.165) is 28.1 Å². The summed E-state index contributed by atoms with van der Waals surface area (Å²) in [4.78, 5) is 12.9. The maximum absolute atomic E-state index is 12.9. The largest absolute Gasteiger partial charge is 0.305 e. The van der Waals surface area contributed by atoms with Gasteiger partial charge in [-0.1, -0.05) is 54.1 Å². The molecule has 0 fully saturated rings. The van der Waals surface area contributed by atoms with E-state index in [1.54, 1.807) is 6.92 Å². The average Bonchev–Trinajstić information content (AvgIpc) is 2.95. The fraction of sp³-hybridized carbons (Fsp3) is 0.261. The second-order valence-corrected chi connectivity index (χ2v) is 7.45. The highest BCUT2D eigenvalue weighted by Gasteiger charge is 2.19. The van der Waals surface area contributed by atoms with Crippen molar-refractivity contribution >= 4 is 23.1 Å². The third-order valence-electron chi connectivity index (χ3n) is 4.97. The van der Waals surface area contributed by atoms with Crippen LogP contribution in [-0.4, -0.2) is 21.3 Å². The van der Waals surface area contributed by atoms with Crippen LogP contribution in [0.1, 0.15) is 51.8 Å². The fourth-order valence-electron chi connectivity index (χ4n) is 3.35. The molecule has 0 aliphatic rings. The lowest BCUT2D eigenvalue weighted by Gasteiger charge is -2.07. The molecule has 0 spiro atoms. The first-order valence-electron chi connectivity index (χ1n) is 9.32. The van der Waals surface area contributed by atoms with E-state index in [9.17, 15) is 4.79 Å². The minimum absolute atomic E-state index is 0.104. The van der Waals surface area contributed by atoms with Gasteiger partial charge in [-0.15, -0.1) is 0 Å². The van der Waals surface area contributed by atoms with Crippen molar-refractivity contribution in [1.29, 1.82) is 5.41 Å². The molecule has 4 nitrogen and oxygen atoms in total. The summed E-state index contributed by atoms with van der Waals surface area (Å²) in [5.74, 6) is 0.104. The summed E-state index contributed by atoms with van der Waals surface area (Å²) in [7, 11) is 0. The molecule has 28 heavy (non-hydrogen) atoms. The summed E-state index contributed by atoms with van der Waals surface area (Å²) < 4.78 is 1.85. The summed E-state index contributed by atoms with van der Waals surface area (Å²) in [6.07, 6.45) is 1.10. The molecule has 144 valence electrons. The lowest BCUT2D eigenvalue weighted by molar-refractivity contribution is 0.0981. The van der Waals surface area contributed by atoms with Crippen molar-refractivity contribution in [3.05, 3.63) is 87.2 Å². The number of hydrogen-bond acceptors (Lipinski definition) is 3. The van der Waals surface area contributed by atoms with Crippen LogP contribution in [0.25, 0.3) is 0 Å². The van der Waals surface area contributed by atoms with Crippen molar-refractivity contribution < 1.29 is 4.79 Å². The molecule has 0 aliphatic carbocycles. The molecule has 3 rings (SSSR count). The molecule has 0 bridgehead atoms. The summed E-state index contributed by atoms with van der Waals surface area (Å²) in [6.45, 7) is 6.13. The van der Waals surface area contributed by atoms with E-state index in [-0.39, 0.29) is 5.78 Å². The Morgan fingerprint density at radius 3 is 2.43 bits per heavy atom. The molecule has 5 heteroatoms. The zero-order valence-corrected chi connectivity index (χ0v) is 17.2.